The number of ether oxygens (including phenoxy) is 1. The molecule has 2 atom stereocenters. The number of hydrogen-bond donors (Lipinski definition) is 2. The van der Waals surface area contributed by atoms with E-state index < -0.39 is 0 Å². The fourth-order valence-corrected chi connectivity index (χ4v) is 2.43. The Labute approximate surface area is 102 Å². The minimum atomic E-state index is -0.0406. The van der Waals surface area contributed by atoms with Crippen LogP contribution in [-0.2, 0) is 9.53 Å². The molecule has 2 aliphatic heterocycles. The topological polar surface area (TPSA) is 61.8 Å². The standard InChI is InChI=1S/C12H22N2O3/c1-2-3-13-11-8-17-7-10(11)12(16)14-4-9(5-14)6-15/h9-11,13,15H,2-8H2,1H3. The van der Waals surface area contributed by atoms with Crippen molar-refractivity contribution in [3.05, 3.63) is 0 Å². The Morgan fingerprint density at radius 2 is 2.24 bits per heavy atom. The van der Waals surface area contributed by atoms with E-state index in [9.17, 15) is 4.79 Å². The van der Waals surface area contributed by atoms with E-state index in [1.54, 1.807) is 0 Å². The summed E-state index contributed by atoms with van der Waals surface area (Å²) in [6.07, 6.45) is 1.06. The normalized spacial score (nSPS) is 29.4. The highest BCUT2D eigenvalue weighted by atomic mass is 16.5. The van der Waals surface area contributed by atoms with Crippen LogP contribution in [0.4, 0.5) is 0 Å². The van der Waals surface area contributed by atoms with Crippen molar-refractivity contribution in [2.24, 2.45) is 11.8 Å². The van der Waals surface area contributed by atoms with Gasteiger partial charge in [0.2, 0.25) is 5.91 Å². The summed E-state index contributed by atoms with van der Waals surface area (Å²) < 4.78 is 5.40. The maximum Gasteiger partial charge on any atom is 0.229 e. The first-order chi connectivity index (χ1) is 8.26. The zero-order chi connectivity index (χ0) is 12.3. The van der Waals surface area contributed by atoms with E-state index >= 15 is 0 Å². The second-order valence-corrected chi connectivity index (χ2v) is 5.00. The minimum Gasteiger partial charge on any atom is -0.396 e. The predicted octanol–water partition coefficient (Wildman–Crippen LogP) is -0.548. The zero-order valence-electron chi connectivity index (χ0n) is 10.4. The fraction of sp³-hybridized carbons (Fsp3) is 0.917. The van der Waals surface area contributed by atoms with Crippen LogP contribution in [0.5, 0.6) is 0 Å². The van der Waals surface area contributed by atoms with Gasteiger partial charge in [0.25, 0.3) is 0 Å². The van der Waals surface area contributed by atoms with Crippen molar-refractivity contribution in [3.8, 4) is 0 Å². The Morgan fingerprint density at radius 3 is 2.88 bits per heavy atom. The number of nitrogens with zero attached hydrogens (tertiary/aromatic N) is 1. The van der Waals surface area contributed by atoms with Crippen LogP contribution in [0.3, 0.4) is 0 Å². The molecule has 2 saturated heterocycles. The lowest BCUT2D eigenvalue weighted by Crippen LogP contribution is -2.56. The number of carbonyl (C=O) groups is 1. The van der Waals surface area contributed by atoms with Crippen LogP contribution in [0.1, 0.15) is 13.3 Å². The molecule has 1 amide bonds. The summed E-state index contributed by atoms with van der Waals surface area (Å²) in [5, 5.41) is 12.3. The summed E-state index contributed by atoms with van der Waals surface area (Å²) >= 11 is 0. The number of hydrogen-bond acceptors (Lipinski definition) is 4. The van der Waals surface area contributed by atoms with Crippen molar-refractivity contribution >= 4 is 5.91 Å². The number of rotatable bonds is 5. The molecule has 17 heavy (non-hydrogen) atoms. The molecule has 0 aromatic heterocycles. The first kappa shape index (κ1) is 12.8. The second-order valence-electron chi connectivity index (χ2n) is 5.00. The van der Waals surface area contributed by atoms with Gasteiger partial charge < -0.3 is 20.1 Å². The van der Waals surface area contributed by atoms with Crippen LogP contribution in [-0.4, -0.2) is 61.4 Å². The van der Waals surface area contributed by atoms with Crippen LogP contribution in [0, 0.1) is 11.8 Å². The Morgan fingerprint density at radius 1 is 1.47 bits per heavy atom. The molecule has 2 N–H and O–H groups in total. The molecular weight excluding hydrogens is 220 g/mol. The van der Waals surface area contributed by atoms with Gasteiger partial charge in [-0.2, -0.15) is 0 Å². The maximum absolute atomic E-state index is 12.2. The summed E-state index contributed by atoms with van der Waals surface area (Å²) in [6.45, 7) is 5.79. The molecule has 98 valence electrons. The van der Waals surface area contributed by atoms with Gasteiger partial charge in [-0.05, 0) is 13.0 Å². The van der Waals surface area contributed by atoms with E-state index in [4.69, 9.17) is 9.84 Å². The molecule has 0 aliphatic carbocycles. The molecule has 2 unspecified atom stereocenters. The Hall–Kier alpha value is -0.650. The SMILES string of the molecule is CCCNC1COCC1C(=O)N1CC(CO)C1. The van der Waals surface area contributed by atoms with Gasteiger partial charge in [0.15, 0.2) is 0 Å². The number of nitrogens with one attached hydrogen (secondary N) is 1. The third kappa shape index (κ3) is 2.78. The number of amides is 1. The van der Waals surface area contributed by atoms with Crippen molar-refractivity contribution in [3.63, 3.8) is 0 Å². The Balaban J connectivity index is 1.82. The molecule has 0 aromatic rings. The fourth-order valence-electron chi connectivity index (χ4n) is 2.43. The highest BCUT2D eigenvalue weighted by Gasteiger charge is 2.40. The van der Waals surface area contributed by atoms with Gasteiger partial charge in [-0.25, -0.2) is 0 Å². The Bertz CT molecular complexity index is 266. The van der Waals surface area contributed by atoms with Gasteiger partial charge in [0.05, 0.1) is 19.1 Å². The molecule has 5 nitrogen and oxygen atoms in total. The molecule has 0 aromatic carbocycles. The summed E-state index contributed by atoms with van der Waals surface area (Å²) in [4.78, 5) is 14.0. The van der Waals surface area contributed by atoms with E-state index in [0.717, 1.165) is 13.0 Å². The van der Waals surface area contributed by atoms with Crippen molar-refractivity contribution in [2.75, 3.05) is 39.5 Å². The van der Waals surface area contributed by atoms with E-state index in [-0.39, 0.29) is 30.4 Å². The van der Waals surface area contributed by atoms with Crippen molar-refractivity contribution in [1.29, 1.82) is 0 Å². The minimum absolute atomic E-state index is 0.0406. The number of aliphatic hydroxyl groups excluding tert-OH is 1. The lowest BCUT2D eigenvalue weighted by atomic mass is 9.95. The molecule has 0 bridgehead atoms. The summed E-state index contributed by atoms with van der Waals surface area (Å²) in [5.74, 6) is 0.422. The lowest BCUT2D eigenvalue weighted by molar-refractivity contribution is -0.143. The first-order valence-corrected chi connectivity index (χ1v) is 6.47. The van der Waals surface area contributed by atoms with Gasteiger partial charge in [0, 0.05) is 31.7 Å². The lowest BCUT2D eigenvalue weighted by Gasteiger charge is -2.40. The smallest absolute Gasteiger partial charge is 0.229 e. The average molecular weight is 242 g/mol. The van der Waals surface area contributed by atoms with Crippen molar-refractivity contribution in [1.82, 2.24) is 10.2 Å². The number of likely N-dealkylation sites (tertiary alicyclic amines) is 1. The molecule has 2 heterocycles. The third-order valence-corrected chi connectivity index (χ3v) is 3.58. The summed E-state index contributed by atoms with van der Waals surface area (Å²) in [5.41, 5.74) is 0. The zero-order valence-corrected chi connectivity index (χ0v) is 10.4. The largest absolute Gasteiger partial charge is 0.396 e. The maximum atomic E-state index is 12.2. The predicted molar refractivity (Wildman–Crippen MR) is 63.5 cm³/mol. The third-order valence-electron chi connectivity index (χ3n) is 3.58. The van der Waals surface area contributed by atoms with Gasteiger partial charge in [-0.1, -0.05) is 6.92 Å². The molecule has 0 spiro atoms. The van der Waals surface area contributed by atoms with Crippen LogP contribution in [0.15, 0.2) is 0 Å². The van der Waals surface area contributed by atoms with Crippen LogP contribution in [0.2, 0.25) is 0 Å². The molecule has 2 aliphatic rings. The van der Waals surface area contributed by atoms with E-state index in [1.807, 2.05) is 4.90 Å². The highest BCUT2D eigenvalue weighted by molar-refractivity contribution is 5.80. The average Bonchev–Trinajstić information content (AvgIpc) is 2.72. The van der Waals surface area contributed by atoms with Crippen LogP contribution < -0.4 is 5.32 Å². The van der Waals surface area contributed by atoms with E-state index in [1.165, 1.54) is 0 Å². The van der Waals surface area contributed by atoms with Crippen molar-refractivity contribution < 1.29 is 14.6 Å². The van der Waals surface area contributed by atoms with Crippen LogP contribution >= 0.6 is 0 Å². The van der Waals surface area contributed by atoms with Gasteiger partial charge >= 0.3 is 0 Å². The first-order valence-electron chi connectivity index (χ1n) is 6.47. The number of carbonyl (C=O) groups excluding carboxylic acids is 1. The van der Waals surface area contributed by atoms with Gasteiger partial charge in [0.1, 0.15) is 0 Å². The summed E-state index contributed by atoms with van der Waals surface area (Å²) in [6, 6.07) is 0.163. The van der Waals surface area contributed by atoms with Crippen molar-refractivity contribution in [2.45, 2.75) is 19.4 Å². The number of aliphatic hydroxyl groups is 1. The molecule has 2 rings (SSSR count). The molecule has 5 heteroatoms. The molecule has 2 fully saturated rings. The molecule has 0 radical (unpaired) electrons. The molecular formula is C12H22N2O3. The Kier molecular flexibility index (Phi) is 4.36. The quantitative estimate of drug-likeness (QED) is 0.679. The van der Waals surface area contributed by atoms with Gasteiger partial charge in [-0.15, -0.1) is 0 Å². The monoisotopic (exact) mass is 242 g/mol. The second kappa shape index (κ2) is 5.80. The molecule has 0 saturated carbocycles. The summed E-state index contributed by atoms with van der Waals surface area (Å²) in [7, 11) is 0. The highest BCUT2D eigenvalue weighted by Crippen LogP contribution is 2.22. The van der Waals surface area contributed by atoms with E-state index in [0.29, 0.717) is 26.3 Å². The van der Waals surface area contributed by atoms with E-state index in [2.05, 4.69) is 12.2 Å². The van der Waals surface area contributed by atoms with Gasteiger partial charge in [-0.3, -0.25) is 4.79 Å². The van der Waals surface area contributed by atoms with Crippen LogP contribution in [0.25, 0.3) is 0 Å².